The molecule has 0 amide bonds. The van der Waals surface area contributed by atoms with E-state index in [9.17, 15) is 0 Å². The van der Waals surface area contributed by atoms with Crippen molar-refractivity contribution in [3.05, 3.63) is 28.8 Å². The van der Waals surface area contributed by atoms with Gasteiger partial charge in [-0.25, -0.2) is 0 Å². The van der Waals surface area contributed by atoms with Crippen LogP contribution in [0.1, 0.15) is 31.2 Å². The molecule has 0 aromatic heterocycles. The molecule has 4 rings (SSSR count). The number of anilines is 1. The summed E-state index contributed by atoms with van der Waals surface area (Å²) in [5, 5.41) is 0.853. The number of fused-ring (bicyclic) bond motifs is 2. The molecule has 0 N–H and O–H groups in total. The number of aryl methyl sites for hydroxylation is 1. The fraction of sp³-hybridized carbons (Fsp3) is 0.667. The molecule has 1 aromatic carbocycles. The van der Waals surface area contributed by atoms with Gasteiger partial charge in [0.25, 0.3) is 0 Å². The van der Waals surface area contributed by atoms with Crippen LogP contribution in [0.2, 0.25) is 5.02 Å². The van der Waals surface area contributed by atoms with E-state index >= 15 is 0 Å². The first-order valence-corrected chi connectivity index (χ1v) is 8.83. The van der Waals surface area contributed by atoms with E-state index in [1.807, 2.05) is 6.07 Å². The van der Waals surface area contributed by atoms with Crippen molar-refractivity contribution in [3.63, 3.8) is 0 Å². The Kier molecular flexibility index (Phi) is 3.63. The van der Waals surface area contributed by atoms with E-state index in [1.54, 1.807) is 0 Å². The molecule has 1 saturated heterocycles. The van der Waals surface area contributed by atoms with E-state index in [4.69, 9.17) is 11.6 Å². The van der Waals surface area contributed by atoms with Crippen LogP contribution in [-0.2, 0) is 0 Å². The molecule has 2 bridgehead atoms. The Hall–Kier alpha value is -0.730. The summed E-state index contributed by atoms with van der Waals surface area (Å²) in [5.41, 5.74) is 2.67. The standard InChI is InChI=1S/C18H25ClN2/c1-13-2-5-16(19)12-17(13)20-6-8-21(9-7-20)18-11-14-3-4-15(18)10-14/h2,5,12,14-15,18H,3-4,6-11H2,1H3. The monoisotopic (exact) mass is 304 g/mol. The lowest BCUT2D eigenvalue weighted by atomic mass is 9.93. The van der Waals surface area contributed by atoms with E-state index in [2.05, 4.69) is 28.9 Å². The summed E-state index contributed by atoms with van der Waals surface area (Å²) in [5.74, 6) is 2.06. The van der Waals surface area contributed by atoms with Gasteiger partial charge in [0.05, 0.1) is 0 Å². The van der Waals surface area contributed by atoms with Crippen molar-refractivity contribution in [2.24, 2.45) is 11.8 Å². The van der Waals surface area contributed by atoms with E-state index in [-0.39, 0.29) is 0 Å². The molecule has 1 aromatic rings. The summed E-state index contributed by atoms with van der Waals surface area (Å²) in [7, 11) is 0. The van der Waals surface area contributed by atoms with Gasteiger partial charge in [-0.1, -0.05) is 24.1 Å². The number of piperazine rings is 1. The molecular weight excluding hydrogens is 280 g/mol. The molecule has 2 nitrogen and oxygen atoms in total. The maximum Gasteiger partial charge on any atom is 0.0426 e. The van der Waals surface area contributed by atoms with E-state index < -0.39 is 0 Å². The minimum atomic E-state index is 0.853. The topological polar surface area (TPSA) is 6.48 Å². The fourth-order valence-corrected chi connectivity index (χ4v) is 5.04. The highest BCUT2D eigenvalue weighted by Gasteiger charge is 2.42. The number of hydrogen-bond acceptors (Lipinski definition) is 2. The van der Waals surface area contributed by atoms with Crippen LogP contribution in [0, 0.1) is 18.8 Å². The largest absolute Gasteiger partial charge is 0.369 e. The second-order valence-electron chi connectivity index (χ2n) is 7.20. The molecule has 2 saturated carbocycles. The van der Waals surface area contributed by atoms with E-state index in [0.29, 0.717) is 0 Å². The van der Waals surface area contributed by atoms with Gasteiger partial charge in [0, 0.05) is 42.9 Å². The molecule has 3 heteroatoms. The predicted molar refractivity (Wildman–Crippen MR) is 89.2 cm³/mol. The second-order valence-corrected chi connectivity index (χ2v) is 7.63. The highest BCUT2D eigenvalue weighted by Crippen LogP contribution is 2.46. The van der Waals surface area contributed by atoms with E-state index in [0.717, 1.165) is 36.0 Å². The van der Waals surface area contributed by atoms with E-state index in [1.165, 1.54) is 50.0 Å². The van der Waals surface area contributed by atoms with Gasteiger partial charge in [-0.3, -0.25) is 4.90 Å². The molecule has 0 spiro atoms. The number of halogens is 1. The zero-order valence-corrected chi connectivity index (χ0v) is 13.6. The lowest BCUT2D eigenvalue weighted by Crippen LogP contribution is -2.51. The van der Waals surface area contributed by atoms with Gasteiger partial charge in [0.15, 0.2) is 0 Å². The van der Waals surface area contributed by atoms with Gasteiger partial charge < -0.3 is 4.90 Å². The molecule has 1 aliphatic heterocycles. The minimum Gasteiger partial charge on any atom is -0.369 e. The highest BCUT2D eigenvalue weighted by atomic mass is 35.5. The predicted octanol–water partition coefficient (Wildman–Crippen LogP) is 3.96. The van der Waals surface area contributed by atoms with Crippen molar-refractivity contribution in [2.45, 2.75) is 38.6 Å². The van der Waals surface area contributed by atoms with Crippen molar-refractivity contribution < 1.29 is 0 Å². The van der Waals surface area contributed by atoms with Crippen LogP contribution in [0.15, 0.2) is 18.2 Å². The molecule has 3 fully saturated rings. The maximum atomic E-state index is 6.17. The molecule has 3 unspecified atom stereocenters. The van der Waals surface area contributed by atoms with Crippen LogP contribution in [0.25, 0.3) is 0 Å². The normalized spacial score (nSPS) is 32.9. The average Bonchev–Trinajstić information content (AvgIpc) is 3.13. The number of benzene rings is 1. The molecule has 2 aliphatic carbocycles. The SMILES string of the molecule is Cc1ccc(Cl)cc1N1CCN(C2CC3CCC2C3)CC1. The summed E-state index contributed by atoms with van der Waals surface area (Å²) in [6.45, 7) is 6.93. The maximum absolute atomic E-state index is 6.17. The molecule has 114 valence electrons. The Balaban J connectivity index is 1.41. The third-order valence-corrected chi connectivity index (χ3v) is 6.23. The lowest BCUT2D eigenvalue weighted by Gasteiger charge is -2.42. The van der Waals surface area contributed by atoms with Crippen molar-refractivity contribution in [1.82, 2.24) is 4.90 Å². The Morgan fingerprint density at radius 2 is 1.86 bits per heavy atom. The summed E-state index contributed by atoms with van der Waals surface area (Å²) in [6.07, 6.45) is 5.98. The summed E-state index contributed by atoms with van der Waals surface area (Å²) < 4.78 is 0. The Morgan fingerprint density at radius 1 is 1.05 bits per heavy atom. The third kappa shape index (κ3) is 2.57. The van der Waals surface area contributed by atoms with Crippen molar-refractivity contribution in [2.75, 3.05) is 31.1 Å². The zero-order chi connectivity index (χ0) is 14.4. The van der Waals surface area contributed by atoms with Crippen LogP contribution in [0.3, 0.4) is 0 Å². The van der Waals surface area contributed by atoms with Crippen LogP contribution >= 0.6 is 11.6 Å². The lowest BCUT2D eigenvalue weighted by molar-refractivity contribution is 0.135. The van der Waals surface area contributed by atoms with Crippen LogP contribution < -0.4 is 4.90 Å². The van der Waals surface area contributed by atoms with Gasteiger partial charge in [0.2, 0.25) is 0 Å². The van der Waals surface area contributed by atoms with Gasteiger partial charge in [-0.05, 0) is 55.7 Å². The minimum absolute atomic E-state index is 0.853. The number of nitrogens with zero attached hydrogens (tertiary/aromatic N) is 2. The van der Waals surface area contributed by atoms with Gasteiger partial charge >= 0.3 is 0 Å². The number of rotatable bonds is 2. The number of hydrogen-bond donors (Lipinski definition) is 0. The molecular formula is C18H25ClN2. The van der Waals surface area contributed by atoms with Crippen molar-refractivity contribution in [3.8, 4) is 0 Å². The molecule has 3 atom stereocenters. The first kappa shape index (κ1) is 13.9. The first-order chi connectivity index (χ1) is 10.2. The second kappa shape index (κ2) is 5.48. The average molecular weight is 305 g/mol. The van der Waals surface area contributed by atoms with Crippen LogP contribution in [0.4, 0.5) is 5.69 Å². The van der Waals surface area contributed by atoms with Gasteiger partial charge in [-0.15, -0.1) is 0 Å². The van der Waals surface area contributed by atoms with Gasteiger partial charge in [0.1, 0.15) is 0 Å². The van der Waals surface area contributed by atoms with Gasteiger partial charge in [-0.2, -0.15) is 0 Å². The summed E-state index contributed by atoms with van der Waals surface area (Å²) in [4.78, 5) is 5.30. The van der Waals surface area contributed by atoms with Crippen molar-refractivity contribution in [1.29, 1.82) is 0 Å². The Bertz CT molecular complexity index is 522. The summed E-state index contributed by atoms with van der Waals surface area (Å²) >= 11 is 6.17. The van der Waals surface area contributed by atoms with Crippen LogP contribution in [-0.4, -0.2) is 37.1 Å². The van der Waals surface area contributed by atoms with Crippen LogP contribution in [0.5, 0.6) is 0 Å². The molecule has 3 aliphatic rings. The molecule has 21 heavy (non-hydrogen) atoms. The Morgan fingerprint density at radius 3 is 2.52 bits per heavy atom. The zero-order valence-electron chi connectivity index (χ0n) is 12.9. The third-order valence-electron chi connectivity index (χ3n) is 6.00. The summed E-state index contributed by atoms with van der Waals surface area (Å²) in [6, 6.07) is 7.15. The first-order valence-electron chi connectivity index (χ1n) is 8.46. The van der Waals surface area contributed by atoms with Crippen molar-refractivity contribution >= 4 is 17.3 Å². The fourth-order valence-electron chi connectivity index (χ4n) is 4.88. The highest BCUT2D eigenvalue weighted by molar-refractivity contribution is 6.30. The quantitative estimate of drug-likeness (QED) is 0.816. The molecule has 0 radical (unpaired) electrons. The smallest absolute Gasteiger partial charge is 0.0426 e. The Labute approximate surface area is 133 Å². The molecule has 1 heterocycles.